The van der Waals surface area contributed by atoms with Crippen LogP contribution in [0.1, 0.15) is 11.3 Å². The average Bonchev–Trinajstić information content (AvgIpc) is 3.31. The van der Waals surface area contributed by atoms with E-state index in [-0.39, 0.29) is 12.6 Å². The van der Waals surface area contributed by atoms with Crippen molar-refractivity contribution in [1.82, 2.24) is 14.5 Å². The highest BCUT2D eigenvalue weighted by Gasteiger charge is 2.35. The van der Waals surface area contributed by atoms with E-state index in [9.17, 15) is 13.2 Å². The molecule has 0 spiro atoms. The third-order valence-corrected chi connectivity index (χ3v) is 6.95. The molecule has 0 amide bonds. The Labute approximate surface area is 216 Å². The molecular weight excluding hydrogens is 499 g/mol. The summed E-state index contributed by atoms with van der Waals surface area (Å²) < 4.78 is 53.0. The number of benzene rings is 2. The van der Waals surface area contributed by atoms with Crippen molar-refractivity contribution in [2.75, 3.05) is 31.1 Å². The lowest BCUT2D eigenvalue weighted by atomic mass is 10.1. The second-order valence-electron chi connectivity index (χ2n) is 9.48. The molecule has 0 unspecified atom stereocenters. The minimum Gasteiger partial charge on any atom is -0.489 e. The Morgan fingerprint density at radius 2 is 1.59 bits per heavy atom. The summed E-state index contributed by atoms with van der Waals surface area (Å²) in [7, 11) is -0.757. The number of hydrogen-bond acceptors (Lipinski definition) is 4. The molecule has 0 fully saturated rings. The number of alkyl halides is 3. The molecule has 0 atom stereocenters. The molecule has 37 heavy (non-hydrogen) atoms. The maximum Gasteiger partial charge on any atom is 0.434 e. The van der Waals surface area contributed by atoms with Gasteiger partial charge >= 0.3 is 6.18 Å². The first-order valence-electron chi connectivity index (χ1n) is 11.7. The number of rotatable bonds is 10. The van der Waals surface area contributed by atoms with E-state index in [1.165, 1.54) is 10.8 Å². The zero-order valence-electron chi connectivity index (χ0n) is 21.0. The molecule has 0 bridgehead atoms. The minimum atomic E-state index is -4.55. The molecule has 2 aromatic heterocycles. The van der Waals surface area contributed by atoms with Gasteiger partial charge in [0, 0.05) is 29.3 Å². The molecule has 0 aliphatic rings. The Morgan fingerprint density at radius 1 is 0.892 bits per heavy atom. The van der Waals surface area contributed by atoms with Gasteiger partial charge in [0.25, 0.3) is 0 Å². The van der Waals surface area contributed by atoms with Crippen molar-refractivity contribution in [3.8, 4) is 28.4 Å². The van der Waals surface area contributed by atoms with Crippen LogP contribution in [0, 0.1) is 0 Å². The molecule has 2 aromatic carbocycles. The third kappa shape index (κ3) is 7.60. The van der Waals surface area contributed by atoms with Gasteiger partial charge in [0.1, 0.15) is 24.9 Å². The summed E-state index contributed by atoms with van der Waals surface area (Å²) in [5.74, 6) is 1.77. The van der Waals surface area contributed by atoms with Crippen molar-refractivity contribution in [3.05, 3.63) is 90.4 Å². The molecule has 2 heterocycles. The maximum atomic E-state index is 13.4. The fraction of sp³-hybridized carbons (Fsp3) is 0.286. The van der Waals surface area contributed by atoms with Crippen LogP contribution in [0.2, 0.25) is 0 Å². The Balaban J connectivity index is 1.46. The molecule has 0 saturated heterocycles. The molecule has 0 aliphatic heterocycles. The van der Waals surface area contributed by atoms with Crippen LogP contribution < -0.4 is 4.74 Å². The van der Waals surface area contributed by atoms with E-state index in [1.807, 2.05) is 54.6 Å². The fourth-order valence-electron chi connectivity index (χ4n) is 3.51. The van der Waals surface area contributed by atoms with Crippen LogP contribution in [0.25, 0.3) is 22.6 Å². The van der Waals surface area contributed by atoms with E-state index in [1.54, 1.807) is 12.1 Å². The van der Waals surface area contributed by atoms with Crippen LogP contribution in [0.3, 0.4) is 0 Å². The normalized spacial score (nSPS) is 12.5. The number of nitrogens with zero attached hydrogens (tertiary/aromatic N) is 3. The first-order chi connectivity index (χ1) is 17.6. The lowest BCUT2D eigenvalue weighted by molar-refractivity contribution is -0.141. The van der Waals surface area contributed by atoms with Crippen LogP contribution in [0.15, 0.2) is 79.1 Å². The first kappa shape index (κ1) is 26.8. The highest BCUT2D eigenvalue weighted by atomic mass is 32.3. The first-order valence-corrected chi connectivity index (χ1v) is 14.7. The summed E-state index contributed by atoms with van der Waals surface area (Å²) >= 11 is 0. The molecule has 4 aromatic rings. The van der Waals surface area contributed by atoms with E-state index >= 15 is 0 Å². The number of ether oxygens (including phenoxy) is 2. The largest absolute Gasteiger partial charge is 0.489 e. The van der Waals surface area contributed by atoms with E-state index in [0.717, 1.165) is 28.8 Å². The Hall–Kier alpha value is -3.30. The van der Waals surface area contributed by atoms with Gasteiger partial charge in [-0.25, -0.2) is 15.0 Å². The summed E-state index contributed by atoms with van der Waals surface area (Å²) in [4.78, 5) is 8.32. The number of halogens is 3. The van der Waals surface area contributed by atoms with Crippen molar-refractivity contribution in [2.45, 2.75) is 19.5 Å². The molecular formula is C28H30F3N3O2S. The highest BCUT2D eigenvalue weighted by Crippen LogP contribution is 2.34. The Bertz CT molecular complexity index is 1280. The lowest BCUT2D eigenvalue weighted by Gasteiger charge is -2.24. The molecule has 9 heteroatoms. The molecule has 0 saturated carbocycles. The van der Waals surface area contributed by atoms with Gasteiger partial charge in [0.05, 0.1) is 12.3 Å². The van der Waals surface area contributed by atoms with Gasteiger partial charge in [-0.05, 0) is 60.7 Å². The number of hydrogen-bond donors (Lipinski definition) is 0. The van der Waals surface area contributed by atoms with Crippen LogP contribution in [0.4, 0.5) is 13.2 Å². The van der Waals surface area contributed by atoms with Crippen molar-refractivity contribution < 1.29 is 22.6 Å². The molecule has 5 nitrogen and oxygen atoms in total. The molecule has 0 radical (unpaired) electrons. The van der Waals surface area contributed by atoms with Gasteiger partial charge in [-0.1, -0.05) is 30.3 Å². The van der Waals surface area contributed by atoms with Gasteiger partial charge in [0.2, 0.25) is 0 Å². The lowest BCUT2D eigenvalue weighted by Crippen LogP contribution is -2.10. The van der Waals surface area contributed by atoms with Crippen LogP contribution >= 0.6 is 10.0 Å². The number of imidazole rings is 1. The summed E-state index contributed by atoms with van der Waals surface area (Å²) in [6, 6.07) is 20.9. The highest BCUT2D eigenvalue weighted by molar-refractivity contribution is 8.32. The number of pyridine rings is 1. The average molecular weight is 530 g/mol. The van der Waals surface area contributed by atoms with Gasteiger partial charge in [-0.3, -0.25) is 4.98 Å². The van der Waals surface area contributed by atoms with Gasteiger partial charge in [-0.15, -0.1) is 0 Å². The van der Waals surface area contributed by atoms with Crippen LogP contribution in [-0.4, -0.2) is 45.7 Å². The predicted molar refractivity (Wildman–Crippen MR) is 143 cm³/mol. The van der Waals surface area contributed by atoms with Crippen LogP contribution in [0.5, 0.6) is 5.75 Å². The maximum absolute atomic E-state index is 13.4. The smallest absolute Gasteiger partial charge is 0.434 e. The van der Waals surface area contributed by atoms with Gasteiger partial charge < -0.3 is 14.0 Å². The minimum absolute atomic E-state index is 0.0138. The summed E-state index contributed by atoms with van der Waals surface area (Å²) in [5.41, 5.74) is 2.16. The zero-order valence-corrected chi connectivity index (χ0v) is 21.9. The van der Waals surface area contributed by atoms with Gasteiger partial charge in [-0.2, -0.15) is 13.2 Å². The quantitative estimate of drug-likeness (QED) is 0.210. The van der Waals surface area contributed by atoms with Crippen molar-refractivity contribution >= 4 is 10.0 Å². The van der Waals surface area contributed by atoms with Crippen LogP contribution in [-0.2, 0) is 24.3 Å². The summed E-state index contributed by atoms with van der Waals surface area (Å²) in [6.45, 7) is 0.932. The molecule has 0 N–H and O–H groups in total. The molecule has 196 valence electrons. The second-order valence-corrected chi connectivity index (χ2v) is 14.1. The predicted octanol–water partition coefficient (Wildman–Crippen LogP) is 6.88. The van der Waals surface area contributed by atoms with E-state index in [2.05, 4.69) is 28.7 Å². The zero-order chi connectivity index (χ0) is 26.5. The Morgan fingerprint density at radius 3 is 2.22 bits per heavy atom. The van der Waals surface area contributed by atoms with Gasteiger partial charge in [0.15, 0.2) is 5.69 Å². The van der Waals surface area contributed by atoms with Crippen molar-refractivity contribution in [1.29, 1.82) is 0 Å². The third-order valence-electron chi connectivity index (χ3n) is 5.56. The van der Waals surface area contributed by atoms with Crippen molar-refractivity contribution in [3.63, 3.8) is 0 Å². The van der Waals surface area contributed by atoms with E-state index in [0.29, 0.717) is 24.5 Å². The van der Waals surface area contributed by atoms with E-state index in [4.69, 9.17) is 9.47 Å². The van der Waals surface area contributed by atoms with Crippen molar-refractivity contribution in [2.24, 2.45) is 0 Å². The summed E-state index contributed by atoms with van der Waals surface area (Å²) in [5, 5.41) is 0. The topological polar surface area (TPSA) is 49.2 Å². The molecule has 4 rings (SSSR count). The Kier molecular flexibility index (Phi) is 8.24. The monoisotopic (exact) mass is 529 g/mol. The standard InChI is InChI=1S/C28H30F3N3O2S/c1-37(2,3)16-15-35-20-34-18-26(28(29,30)31)33-27(34)23-11-14-25(32-17-23)22-9-12-24(13-10-22)36-19-21-7-5-4-6-8-21/h4-14,17-18H,15-16,19-20H2,1-3H3. The SMILES string of the molecule is CS(C)(C)CCOCn1cc(C(F)(F)F)nc1-c1ccc(-c2ccc(OCc3ccccc3)cc2)nc1. The van der Waals surface area contributed by atoms with E-state index < -0.39 is 21.9 Å². The summed E-state index contributed by atoms with van der Waals surface area (Å²) in [6.07, 6.45) is 4.47. The second kappa shape index (κ2) is 11.4. The number of aromatic nitrogens is 3. The fourth-order valence-corrected chi connectivity index (χ4v) is 4.13. The molecule has 0 aliphatic carbocycles.